The van der Waals surface area contributed by atoms with Crippen LogP contribution < -0.4 is 10.5 Å². The van der Waals surface area contributed by atoms with Crippen LogP contribution in [0.25, 0.3) is 11.4 Å². The highest BCUT2D eigenvalue weighted by atomic mass is 16.5. The summed E-state index contributed by atoms with van der Waals surface area (Å²) in [5.74, 6) is 1.60. The molecule has 5 nitrogen and oxygen atoms in total. The van der Waals surface area contributed by atoms with Gasteiger partial charge in [-0.2, -0.15) is 0 Å². The normalized spacial score (nSPS) is 13.3. The number of phenolic OH excluding ortho intramolecular Hbond substituents is 1. The maximum atomic E-state index is 9.80. The third-order valence-corrected chi connectivity index (χ3v) is 3.40. The van der Waals surface area contributed by atoms with E-state index in [-0.39, 0.29) is 5.75 Å². The fourth-order valence-corrected chi connectivity index (χ4v) is 2.42. The second kappa shape index (κ2) is 4.42. The highest BCUT2D eigenvalue weighted by molar-refractivity contribution is 5.63. The van der Waals surface area contributed by atoms with Crippen molar-refractivity contribution in [3.05, 3.63) is 29.5 Å². The maximum Gasteiger partial charge on any atom is 0.161 e. The lowest BCUT2D eigenvalue weighted by Gasteiger charge is -2.08. The summed E-state index contributed by atoms with van der Waals surface area (Å²) >= 11 is 0. The van der Waals surface area contributed by atoms with E-state index >= 15 is 0 Å². The number of aromatic nitrogens is 2. The highest BCUT2D eigenvalue weighted by Crippen LogP contribution is 2.32. The van der Waals surface area contributed by atoms with E-state index in [9.17, 15) is 5.11 Å². The first-order valence-corrected chi connectivity index (χ1v) is 6.21. The van der Waals surface area contributed by atoms with Gasteiger partial charge in [-0.05, 0) is 37.5 Å². The van der Waals surface area contributed by atoms with Gasteiger partial charge in [-0.25, -0.2) is 9.97 Å². The molecule has 1 aromatic carbocycles. The summed E-state index contributed by atoms with van der Waals surface area (Å²) < 4.78 is 5.02. The quantitative estimate of drug-likeness (QED) is 0.859. The van der Waals surface area contributed by atoms with E-state index in [4.69, 9.17) is 10.5 Å². The fraction of sp³-hybridized carbons (Fsp3) is 0.286. The third-order valence-electron chi connectivity index (χ3n) is 3.40. The number of nitrogens with two attached hydrogens (primary N) is 1. The van der Waals surface area contributed by atoms with Crippen molar-refractivity contribution >= 4 is 5.82 Å². The Bertz CT molecular complexity index is 641. The minimum Gasteiger partial charge on any atom is -0.504 e. The highest BCUT2D eigenvalue weighted by Gasteiger charge is 2.18. The number of benzene rings is 1. The zero-order valence-electron chi connectivity index (χ0n) is 10.7. The molecule has 1 aromatic heterocycles. The minimum atomic E-state index is 0.0719. The van der Waals surface area contributed by atoms with Gasteiger partial charge in [0.2, 0.25) is 0 Å². The zero-order chi connectivity index (χ0) is 13.4. The van der Waals surface area contributed by atoms with Gasteiger partial charge in [0.1, 0.15) is 5.82 Å². The van der Waals surface area contributed by atoms with Crippen LogP contribution in [-0.4, -0.2) is 22.2 Å². The molecule has 0 spiro atoms. The van der Waals surface area contributed by atoms with Gasteiger partial charge in [-0.15, -0.1) is 0 Å². The molecule has 5 heteroatoms. The van der Waals surface area contributed by atoms with Crippen molar-refractivity contribution in [2.75, 3.05) is 12.8 Å². The largest absolute Gasteiger partial charge is 0.504 e. The molecular formula is C14H15N3O2. The molecule has 0 aliphatic heterocycles. The number of nitrogen functional groups attached to an aromatic ring is 1. The van der Waals surface area contributed by atoms with Crippen LogP contribution in [0.5, 0.6) is 11.5 Å². The summed E-state index contributed by atoms with van der Waals surface area (Å²) in [6.07, 6.45) is 2.97. The van der Waals surface area contributed by atoms with Gasteiger partial charge >= 0.3 is 0 Å². The Kier molecular flexibility index (Phi) is 2.74. The van der Waals surface area contributed by atoms with Gasteiger partial charge in [0.15, 0.2) is 17.3 Å². The van der Waals surface area contributed by atoms with E-state index in [0.717, 1.165) is 36.1 Å². The number of hydrogen-bond donors (Lipinski definition) is 2. The molecule has 0 fully saturated rings. The number of hydrogen-bond acceptors (Lipinski definition) is 5. The Hall–Kier alpha value is -2.30. The summed E-state index contributed by atoms with van der Waals surface area (Å²) in [5, 5.41) is 9.80. The van der Waals surface area contributed by atoms with Gasteiger partial charge in [-0.1, -0.05) is 0 Å². The van der Waals surface area contributed by atoms with E-state index in [1.165, 1.54) is 7.11 Å². The first kappa shape index (κ1) is 11.8. The average Bonchev–Trinajstić information content (AvgIpc) is 2.87. The molecule has 1 aliphatic carbocycles. The van der Waals surface area contributed by atoms with Gasteiger partial charge in [0.25, 0.3) is 0 Å². The van der Waals surface area contributed by atoms with Crippen LogP contribution in [0.15, 0.2) is 18.2 Å². The lowest BCUT2D eigenvalue weighted by molar-refractivity contribution is 0.373. The molecule has 19 heavy (non-hydrogen) atoms. The number of anilines is 1. The molecule has 3 rings (SSSR count). The monoisotopic (exact) mass is 257 g/mol. The van der Waals surface area contributed by atoms with Crippen LogP contribution in [-0.2, 0) is 12.8 Å². The van der Waals surface area contributed by atoms with Crippen molar-refractivity contribution in [2.45, 2.75) is 19.3 Å². The average molecular weight is 257 g/mol. The molecule has 1 aliphatic rings. The van der Waals surface area contributed by atoms with Crippen LogP contribution in [0.3, 0.4) is 0 Å². The summed E-state index contributed by atoms with van der Waals surface area (Å²) in [5.41, 5.74) is 8.80. The number of nitrogens with zero attached hydrogens (tertiary/aromatic N) is 2. The van der Waals surface area contributed by atoms with Crippen molar-refractivity contribution in [2.24, 2.45) is 0 Å². The molecule has 2 aromatic rings. The maximum absolute atomic E-state index is 9.80. The Balaban J connectivity index is 2.07. The smallest absolute Gasteiger partial charge is 0.161 e. The Labute approximate surface area is 111 Å². The zero-order valence-corrected chi connectivity index (χ0v) is 10.7. The first-order chi connectivity index (χ1) is 9.19. The Morgan fingerprint density at radius 1 is 1.26 bits per heavy atom. The van der Waals surface area contributed by atoms with E-state index in [0.29, 0.717) is 17.4 Å². The molecule has 0 bridgehead atoms. The third kappa shape index (κ3) is 1.97. The lowest BCUT2D eigenvalue weighted by Crippen LogP contribution is -2.02. The van der Waals surface area contributed by atoms with Gasteiger partial charge in [0, 0.05) is 16.8 Å². The molecule has 0 unspecified atom stereocenters. The van der Waals surface area contributed by atoms with Gasteiger partial charge in [-0.3, -0.25) is 0 Å². The van der Waals surface area contributed by atoms with Crippen LogP contribution in [0.4, 0.5) is 5.82 Å². The molecule has 0 radical (unpaired) electrons. The number of methoxy groups -OCH3 is 1. The van der Waals surface area contributed by atoms with E-state index in [2.05, 4.69) is 9.97 Å². The van der Waals surface area contributed by atoms with Gasteiger partial charge in [0.05, 0.1) is 7.11 Å². The van der Waals surface area contributed by atoms with Crippen LogP contribution in [0, 0.1) is 0 Å². The predicted molar refractivity (Wildman–Crippen MR) is 72.1 cm³/mol. The summed E-state index contributed by atoms with van der Waals surface area (Å²) in [6, 6.07) is 5.10. The topological polar surface area (TPSA) is 81.3 Å². The predicted octanol–water partition coefficient (Wildman–Crippen LogP) is 1.93. The van der Waals surface area contributed by atoms with Crippen molar-refractivity contribution < 1.29 is 9.84 Å². The standard InChI is InChI=1S/C14H15N3O2/c1-19-12-6-5-8(7-11(12)18)14-16-10-4-2-3-9(10)13(15)17-14/h5-7,18H,2-4H2,1H3,(H2,15,16,17). The van der Waals surface area contributed by atoms with E-state index in [1.54, 1.807) is 12.1 Å². The molecule has 0 saturated carbocycles. The van der Waals surface area contributed by atoms with Crippen LogP contribution in [0.1, 0.15) is 17.7 Å². The molecule has 0 amide bonds. The number of phenols is 1. The molecule has 98 valence electrons. The Morgan fingerprint density at radius 2 is 2.11 bits per heavy atom. The summed E-state index contributed by atoms with van der Waals surface area (Å²) in [7, 11) is 1.51. The first-order valence-electron chi connectivity index (χ1n) is 6.21. The summed E-state index contributed by atoms with van der Waals surface area (Å²) in [6.45, 7) is 0. The second-order valence-corrected chi connectivity index (χ2v) is 4.60. The van der Waals surface area contributed by atoms with E-state index in [1.807, 2.05) is 6.07 Å². The molecular weight excluding hydrogens is 242 g/mol. The molecule has 0 atom stereocenters. The second-order valence-electron chi connectivity index (χ2n) is 4.60. The molecule has 1 heterocycles. The Morgan fingerprint density at radius 3 is 2.84 bits per heavy atom. The molecule has 3 N–H and O–H groups in total. The van der Waals surface area contributed by atoms with Gasteiger partial charge < -0.3 is 15.6 Å². The van der Waals surface area contributed by atoms with Crippen LogP contribution in [0.2, 0.25) is 0 Å². The van der Waals surface area contributed by atoms with Crippen molar-refractivity contribution in [1.29, 1.82) is 0 Å². The van der Waals surface area contributed by atoms with E-state index < -0.39 is 0 Å². The van der Waals surface area contributed by atoms with Crippen LogP contribution >= 0.6 is 0 Å². The number of aromatic hydroxyl groups is 1. The summed E-state index contributed by atoms with van der Waals surface area (Å²) in [4.78, 5) is 8.86. The fourth-order valence-electron chi connectivity index (χ4n) is 2.42. The number of ether oxygens (including phenoxy) is 1. The number of aryl methyl sites for hydroxylation is 1. The molecule has 0 saturated heterocycles. The SMILES string of the molecule is COc1ccc(-c2nc(N)c3c(n2)CCC3)cc1O. The van der Waals surface area contributed by atoms with Crippen molar-refractivity contribution in [3.63, 3.8) is 0 Å². The lowest BCUT2D eigenvalue weighted by atomic mass is 10.1. The van der Waals surface area contributed by atoms with Crippen molar-refractivity contribution in [3.8, 4) is 22.9 Å². The number of fused-ring (bicyclic) bond motifs is 1. The minimum absolute atomic E-state index is 0.0719. The van der Waals surface area contributed by atoms with Crippen molar-refractivity contribution in [1.82, 2.24) is 9.97 Å². The number of rotatable bonds is 2.